The van der Waals surface area contributed by atoms with Crippen LogP contribution in [-0.2, 0) is 20.8 Å². The molecule has 0 bridgehead atoms. The largest absolute Gasteiger partial charge is 0.358 e. The predicted octanol–water partition coefficient (Wildman–Crippen LogP) is 0.530. The fourth-order valence-corrected chi connectivity index (χ4v) is 3.97. The van der Waals surface area contributed by atoms with Crippen molar-refractivity contribution in [3.63, 3.8) is 0 Å². The molecule has 2 saturated heterocycles. The zero-order valence-electron chi connectivity index (χ0n) is 15.0. The third-order valence-electron chi connectivity index (χ3n) is 5.44. The average Bonchev–Trinajstić information content (AvgIpc) is 2.95. The maximum Gasteiger partial charge on any atom is 0.247 e. The molecule has 1 aromatic carbocycles. The highest BCUT2D eigenvalue weighted by Crippen LogP contribution is 2.24. The lowest BCUT2D eigenvalue weighted by Gasteiger charge is -2.45. The fourth-order valence-electron chi connectivity index (χ4n) is 3.97. The van der Waals surface area contributed by atoms with Crippen LogP contribution in [0.4, 0.5) is 0 Å². The molecule has 0 aliphatic carbocycles. The lowest BCUT2D eigenvalue weighted by atomic mass is 10.0. The first-order valence-electron chi connectivity index (χ1n) is 8.84. The van der Waals surface area contributed by atoms with Crippen molar-refractivity contribution in [1.29, 1.82) is 0 Å². The van der Waals surface area contributed by atoms with Crippen LogP contribution in [0, 0.1) is 6.92 Å². The Kier molecular flexibility index (Phi) is 3.94. The number of benzene rings is 1. The van der Waals surface area contributed by atoms with Crippen molar-refractivity contribution in [2.75, 3.05) is 33.2 Å². The number of carbonyl (C=O) groups excluding carboxylic acids is 3. The van der Waals surface area contributed by atoms with Crippen molar-refractivity contribution in [3.8, 4) is 0 Å². The molecule has 1 atom stereocenters. The second-order valence-corrected chi connectivity index (χ2v) is 7.09. The van der Waals surface area contributed by atoms with Gasteiger partial charge < -0.3 is 19.7 Å². The van der Waals surface area contributed by atoms with E-state index in [4.69, 9.17) is 0 Å². The minimum absolute atomic E-state index is 0.00835. The topological polar surface area (TPSA) is 76.7 Å². The molecule has 3 amide bonds. The standard InChI is InChI=1S/C19H22N4O3/c1-12-14(13-5-3-4-6-15(13)20-12)9-17(24)22-7-8-23-16(10-22)19(26)21(2)11-18(23)25/h3-6,16,20H,7-11H2,1-2H3. The zero-order chi connectivity index (χ0) is 18.4. The number of aromatic amines is 1. The molecule has 0 radical (unpaired) electrons. The number of carbonyl (C=O) groups is 3. The number of para-hydroxylation sites is 1. The quantitative estimate of drug-likeness (QED) is 0.855. The smallest absolute Gasteiger partial charge is 0.247 e. The molecule has 0 saturated carbocycles. The van der Waals surface area contributed by atoms with Gasteiger partial charge in [0.05, 0.1) is 19.5 Å². The molecule has 7 nitrogen and oxygen atoms in total. The molecule has 2 aromatic rings. The summed E-state index contributed by atoms with van der Waals surface area (Å²) in [5.41, 5.74) is 3.00. The van der Waals surface area contributed by atoms with Gasteiger partial charge in [-0.2, -0.15) is 0 Å². The van der Waals surface area contributed by atoms with Gasteiger partial charge in [-0.3, -0.25) is 14.4 Å². The lowest BCUT2D eigenvalue weighted by Crippen LogP contribution is -2.66. The Morgan fingerprint density at radius 2 is 2.00 bits per heavy atom. The first-order valence-corrected chi connectivity index (χ1v) is 8.84. The lowest BCUT2D eigenvalue weighted by molar-refractivity contribution is -0.160. The van der Waals surface area contributed by atoms with E-state index in [0.29, 0.717) is 19.5 Å². The monoisotopic (exact) mass is 354 g/mol. The van der Waals surface area contributed by atoms with E-state index in [2.05, 4.69) is 4.98 Å². The number of likely N-dealkylation sites (N-methyl/N-ethyl adjacent to an activating group) is 1. The van der Waals surface area contributed by atoms with E-state index in [-0.39, 0.29) is 30.8 Å². The molecule has 3 heterocycles. The van der Waals surface area contributed by atoms with Crippen molar-refractivity contribution in [1.82, 2.24) is 19.7 Å². The van der Waals surface area contributed by atoms with Crippen LogP contribution in [0.1, 0.15) is 11.3 Å². The van der Waals surface area contributed by atoms with Crippen LogP contribution in [0.2, 0.25) is 0 Å². The number of aryl methyl sites for hydroxylation is 1. The number of aromatic nitrogens is 1. The van der Waals surface area contributed by atoms with Gasteiger partial charge in [-0.05, 0) is 18.6 Å². The number of nitrogens with one attached hydrogen (secondary N) is 1. The summed E-state index contributed by atoms with van der Waals surface area (Å²) in [4.78, 5) is 45.5. The normalized spacial score (nSPS) is 20.7. The van der Waals surface area contributed by atoms with Crippen molar-refractivity contribution in [2.45, 2.75) is 19.4 Å². The van der Waals surface area contributed by atoms with Gasteiger partial charge in [0.1, 0.15) is 6.04 Å². The van der Waals surface area contributed by atoms with E-state index in [0.717, 1.165) is 22.2 Å². The number of H-pyrrole nitrogens is 1. The van der Waals surface area contributed by atoms with Gasteiger partial charge in [0.15, 0.2) is 0 Å². The molecule has 1 aromatic heterocycles. The van der Waals surface area contributed by atoms with Gasteiger partial charge >= 0.3 is 0 Å². The highest BCUT2D eigenvalue weighted by atomic mass is 16.2. The molecular formula is C19H22N4O3. The van der Waals surface area contributed by atoms with Gasteiger partial charge in [-0.15, -0.1) is 0 Å². The molecule has 4 rings (SSSR count). The Balaban J connectivity index is 1.53. The number of hydrogen-bond donors (Lipinski definition) is 1. The zero-order valence-corrected chi connectivity index (χ0v) is 15.0. The van der Waals surface area contributed by atoms with Crippen LogP contribution in [0.3, 0.4) is 0 Å². The minimum atomic E-state index is -0.553. The summed E-state index contributed by atoms with van der Waals surface area (Å²) < 4.78 is 0. The number of hydrogen-bond acceptors (Lipinski definition) is 3. The SMILES string of the molecule is Cc1[nH]c2ccccc2c1CC(=O)N1CCN2C(=O)CN(C)C(=O)C2C1. The molecule has 7 heteroatoms. The van der Waals surface area contributed by atoms with E-state index in [1.807, 2.05) is 31.2 Å². The number of rotatable bonds is 2. The highest BCUT2D eigenvalue weighted by Gasteiger charge is 2.42. The first-order chi connectivity index (χ1) is 12.5. The van der Waals surface area contributed by atoms with Gasteiger partial charge in [0, 0.05) is 36.7 Å². The van der Waals surface area contributed by atoms with Gasteiger partial charge in [0.25, 0.3) is 0 Å². The number of fused-ring (bicyclic) bond motifs is 2. The summed E-state index contributed by atoms with van der Waals surface area (Å²) in [5.74, 6) is -0.145. The van der Waals surface area contributed by atoms with Gasteiger partial charge in [0.2, 0.25) is 17.7 Å². The van der Waals surface area contributed by atoms with Crippen LogP contribution in [0.25, 0.3) is 10.9 Å². The summed E-state index contributed by atoms with van der Waals surface area (Å²) in [6, 6.07) is 7.38. The van der Waals surface area contributed by atoms with Crippen molar-refractivity contribution in [2.24, 2.45) is 0 Å². The molecular weight excluding hydrogens is 332 g/mol. The summed E-state index contributed by atoms with van der Waals surface area (Å²) in [7, 11) is 1.63. The summed E-state index contributed by atoms with van der Waals surface area (Å²) in [5, 5.41) is 1.06. The van der Waals surface area contributed by atoms with Crippen molar-refractivity contribution in [3.05, 3.63) is 35.5 Å². The van der Waals surface area contributed by atoms with Crippen molar-refractivity contribution < 1.29 is 14.4 Å². The number of piperazine rings is 2. The summed E-state index contributed by atoms with van der Waals surface area (Å²) in [6.07, 6.45) is 0.292. The van der Waals surface area contributed by atoms with E-state index in [1.54, 1.807) is 16.8 Å². The predicted molar refractivity (Wildman–Crippen MR) is 96.5 cm³/mol. The maximum absolute atomic E-state index is 12.9. The van der Waals surface area contributed by atoms with Gasteiger partial charge in [-0.25, -0.2) is 0 Å². The van der Waals surface area contributed by atoms with E-state index >= 15 is 0 Å². The Morgan fingerprint density at radius 3 is 2.81 bits per heavy atom. The maximum atomic E-state index is 12.9. The van der Waals surface area contributed by atoms with Crippen LogP contribution in [0.5, 0.6) is 0 Å². The minimum Gasteiger partial charge on any atom is -0.358 e. The van der Waals surface area contributed by atoms with Crippen molar-refractivity contribution >= 4 is 28.6 Å². The van der Waals surface area contributed by atoms with Crippen LogP contribution in [-0.4, -0.2) is 76.7 Å². The first kappa shape index (κ1) is 16.6. The average molecular weight is 354 g/mol. The van der Waals surface area contributed by atoms with Crippen LogP contribution < -0.4 is 0 Å². The Hall–Kier alpha value is -2.83. The summed E-state index contributed by atoms with van der Waals surface area (Å²) in [6.45, 7) is 3.26. The molecule has 26 heavy (non-hydrogen) atoms. The van der Waals surface area contributed by atoms with E-state index in [1.165, 1.54) is 4.90 Å². The van der Waals surface area contributed by atoms with Crippen LogP contribution >= 0.6 is 0 Å². The number of nitrogens with zero attached hydrogens (tertiary/aromatic N) is 3. The third kappa shape index (κ3) is 2.64. The van der Waals surface area contributed by atoms with E-state index in [9.17, 15) is 14.4 Å². The highest BCUT2D eigenvalue weighted by molar-refractivity contribution is 5.96. The Bertz CT molecular complexity index is 903. The Labute approximate surface area is 151 Å². The molecule has 0 spiro atoms. The summed E-state index contributed by atoms with van der Waals surface area (Å²) >= 11 is 0. The molecule has 2 aliphatic rings. The third-order valence-corrected chi connectivity index (χ3v) is 5.44. The number of amides is 3. The second kappa shape index (κ2) is 6.16. The molecule has 136 valence electrons. The Morgan fingerprint density at radius 1 is 1.23 bits per heavy atom. The second-order valence-electron chi connectivity index (χ2n) is 7.09. The molecule has 2 aliphatic heterocycles. The van der Waals surface area contributed by atoms with E-state index < -0.39 is 6.04 Å². The molecule has 1 unspecified atom stereocenters. The van der Waals surface area contributed by atoms with Crippen LogP contribution in [0.15, 0.2) is 24.3 Å². The molecule has 1 N–H and O–H groups in total. The van der Waals surface area contributed by atoms with Gasteiger partial charge in [-0.1, -0.05) is 18.2 Å². The molecule has 2 fully saturated rings. The fraction of sp³-hybridized carbons (Fsp3) is 0.421.